The van der Waals surface area contributed by atoms with Gasteiger partial charge in [0.1, 0.15) is 11.5 Å². The molecular weight excluding hydrogens is 508 g/mol. The van der Waals surface area contributed by atoms with Crippen LogP contribution in [0.25, 0.3) is 17.1 Å². The van der Waals surface area contributed by atoms with Crippen molar-refractivity contribution >= 4 is 39.1 Å². The van der Waals surface area contributed by atoms with Gasteiger partial charge in [-0.15, -0.1) is 5.10 Å². The molecule has 0 aliphatic rings. The van der Waals surface area contributed by atoms with Crippen LogP contribution in [0.4, 0.5) is 5.69 Å². The highest BCUT2D eigenvalue weighted by Gasteiger charge is 2.21. The molecule has 0 radical (unpaired) electrons. The molecule has 0 fully saturated rings. The van der Waals surface area contributed by atoms with Crippen LogP contribution in [0.3, 0.4) is 0 Å². The summed E-state index contributed by atoms with van der Waals surface area (Å²) in [6, 6.07) is 18.2. The minimum atomic E-state index is -0.488. The lowest BCUT2D eigenvalue weighted by atomic mass is 10.2. The number of amides is 1. The molecule has 168 valence electrons. The lowest BCUT2D eigenvalue weighted by molar-refractivity contribution is 0.101. The first-order valence-electron chi connectivity index (χ1n) is 9.92. The number of halogens is 2. The van der Waals surface area contributed by atoms with E-state index in [4.69, 9.17) is 21.1 Å². The van der Waals surface area contributed by atoms with Crippen molar-refractivity contribution in [1.82, 2.24) is 14.8 Å². The van der Waals surface area contributed by atoms with Crippen LogP contribution in [0.5, 0.6) is 11.5 Å². The number of nitrogens with zero attached hydrogens (tertiary/aromatic N) is 3. The molecular formula is C24H20BrClN4O3. The molecule has 1 N–H and O–H groups in total. The van der Waals surface area contributed by atoms with E-state index in [0.29, 0.717) is 28.0 Å². The molecule has 3 aromatic carbocycles. The molecule has 9 heteroatoms. The van der Waals surface area contributed by atoms with Gasteiger partial charge < -0.3 is 14.8 Å². The summed E-state index contributed by atoms with van der Waals surface area (Å²) in [5.41, 5.74) is 2.90. The first-order chi connectivity index (χ1) is 15.9. The average molecular weight is 528 g/mol. The number of benzene rings is 3. The lowest BCUT2D eigenvalue weighted by Crippen LogP contribution is -2.15. The number of aryl methyl sites for hydroxylation is 1. The molecule has 1 aromatic heterocycles. The fourth-order valence-electron chi connectivity index (χ4n) is 3.26. The maximum Gasteiger partial charge on any atom is 0.295 e. The second-order valence-electron chi connectivity index (χ2n) is 7.13. The molecule has 0 atom stereocenters. The Balaban J connectivity index is 1.79. The summed E-state index contributed by atoms with van der Waals surface area (Å²) in [5.74, 6) is 1.09. The topological polar surface area (TPSA) is 78.3 Å². The third kappa shape index (κ3) is 4.86. The maximum atomic E-state index is 13.1. The number of nitrogens with one attached hydrogen (secondary N) is 1. The largest absolute Gasteiger partial charge is 0.497 e. The minimum Gasteiger partial charge on any atom is -0.497 e. The molecule has 0 bridgehead atoms. The van der Waals surface area contributed by atoms with Gasteiger partial charge in [0.2, 0.25) is 5.82 Å². The number of methoxy groups -OCH3 is 2. The van der Waals surface area contributed by atoms with Crippen molar-refractivity contribution in [3.05, 3.63) is 81.5 Å². The van der Waals surface area contributed by atoms with Crippen LogP contribution >= 0.6 is 27.5 Å². The number of ether oxygens (including phenoxy) is 2. The van der Waals surface area contributed by atoms with Gasteiger partial charge in [-0.25, -0.2) is 9.67 Å². The molecule has 1 amide bonds. The van der Waals surface area contributed by atoms with E-state index in [1.807, 2.05) is 37.3 Å². The van der Waals surface area contributed by atoms with Gasteiger partial charge in [0.05, 0.1) is 25.6 Å². The molecule has 0 aliphatic carbocycles. The summed E-state index contributed by atoms with van der Waals surface area (Å²) in [6.45, 7) is 1.94. The van der Waals surface area contributed by atoms with Crippen LogP contribution in [0.2, 0.25) is 5.02 Å². The van der Waals surface area contributed by atoms with Crippen molar-refractivity contribution in [2.45, 2.75) is 6.92 Å². The van der Waals surface area contributed by atoms with Gasteiger partial charge in [-0.1, -0.05) is 45.7 Å². The Morgan fingerprint density at radius 3 is 2.48 bits per heavy atom. The van der Waals surface area contributed by atoms with Gasteiger partial charge in [0, 0.05) is 21.1 Å². The van der Waals surface area contributed by atoms with Gasteiger partial charge in [-0.05, 0) is 48.9 Å². The number of hydrogen-bond donors (Lipinski definition) is 1. The molecule has 1 heterocycles. The Hall–Kier alpha value is -3.36. The zero-order valence-electron chi connectivity index (χ0n) is 18.1. The zero-order valence-corrected chi connectivity index (χ0v) is 20.4. The fourth-order valence-corrected chi connectivity index (χ4v) is 3.69. The van der Waals surface area contributed by atoms with E-state index in [9.17, 15) is 4.79 Å². The van der Waals surface area contributed by atoms with E-state index in [2.05, 4.69) is 31.3 Å². The monoisotopic (exact) mass is 526 g/mol. The standard InChI is InChI=1S/C24H20BrClN4O3/c1-14-4-9-17(26)12-20(14)30-23(15-5-7-16(25)8-6-15)28-22(29-30)24(31)27-19-13-18(32-2)10-11-21(19)33-3/h4-13H,1-3H3,(H,27,31). The highest BCUT2D eigenvalue weighted by Crippen LogP contribution is 2.30. The third-order valence-electron chi connectivity index (χ3n) is 4.97. The Morgan fingerprint density at radius 2 is 1.79 bits per heavy atom. The molecule has 33 heavy (non-hydrogen) atoms. The molecule has 0 aliphatic heterocycles. The average Bonchev–Trinajstić information content (AvgIpc) is 3.26. The first-order valence-corrected chi connectivity index (χ1v) is 11.1. The molecule has 0 spiro atoms. The lowest BCUT2D eigenvalue weighted by Gasteiger charge is -2.10. The van der Waals surface area contributed by atoms with Crippen molar-refractivity contribution in [3.8, 4) is 28.6 Å². The maximum absolute atomic E-state index is 13.1. The second kappa shape index (κ2) is 9.64. The highest BCUT2D eigenvalue weighted by atomic mass is 79.9. The van der Waals surface area contributed by atoms with Gasteiger partial charge in [0.15, 0.2) is 5.82 Å². The minimum absolute atomic E-state index is 0.00262. The summed E-state index contributed by atoms with van der Waals surface area (Å²) in [5, 5.41) is 7.90. The van der Waals surface area contributed by atoms with E-state index < -0.39 is 5.91 Å². The Morgan fingerprint density at radius 1 is 1.03 bits per heavy atom. The second-order valence-corrected chi connectivity index (χ2v) is 8.48. The Kier molecular flexibility index (Phi) is 6.67. The summed E-state index contributed by atoms with van der Waals surface area (Å²) in [6.07, 6.45) is 0. The molecule has 7 nitrogen and oxygen atoms in total. The van der Waals surface area contributed by atoms with Crippen LogP contribution in [0.15, 0.2) is 65.1 Å². The fraction of sp³-hybridized carbons (Fsp3) is 0.125. The predicted octanol–water partition coefficient (Wildman–Crippen LogP) is 5.93. The van der Waals surface area contributed by atoms with Crippen molar-refractivity contribution in [2.75, 3.05) is 19.5 Å². The molecule has 0 saturated heterocycles. The van der Waals surface area contributed by atoms with Crippen LogP contribution < -0.4 is 14.8 Å². The molecule has 0 unspecified atom stereocenters. The van der Waals surface area contributed by atoms with Crippen molar-refractivity contribution in [2.24, 2.45) is 0 Å². The SMILES string of the molecule is COc1ccc(OC)c(NC(=O)c2nc(-c3ccc(Br)cc3)n(-c3cc(Cl)ccc3C)n2)c1. The van der Waals surface area contributed by atoms with E-state index >= 15 is 0 Å². The van der Waals surface area contributed by atoms with Crippen LogP contribution in [0, 0.1) is 6.92 Å². The summed E-state index contributed by atoms with van der Waals surface area (Å²) in [7, 11) is 3.08. The Bertz CT molecular complexity index is 1320. The molecule has 0 saturated carbocycles. The van der Waals surface area contributed by atoms with Crippen LogP contribution in [0.1, 0.15) is 16.2 Å². The predicted molar refractivity (Wildman–Crippen MR) is 132 cm³/mol. The first kappa shape index (κ1) is 22.8. The molecule has 4 rings (SSSR count). The number of carbonyl (C=O) groups is 1. The number of hydrogen-bond acceptors (Lipinski definition) is 5. The zero-order chi connectivity index (χ0) is 23.5. The third-order valence-corrected chi connectivity index (χ3v) is 5.73. The van der Waals surface area contributed by atoms with Crippen molar-refractivity contribution in [3.63, 3.8) is 0 Å². The van der Waals surface area contributed by atoms with Gasteiger partial charge in [0.25, 0.3) is 5.91 Å². The quantitative estimate of drug-likeness (QED) is 0.336. The van der Waals surface area contributed by atoms with Gasteiger partial charge in [-0.3, -0.25) is 4.79 Å². The normalized spacial score (nSPS) is 10.7. The number of carbonyl (C=O) groups excluding carboxylic acids is 1. The summed E-state index contributed by atoms with van der Waals surface area (Å²) >= 11 is 9.70. The van der Waals surface area contributed by atoms with Crippen molar-refractivity contribution in [1.29, 1.82) is 0 Å². The number of aromatic nitrogens is 3. The smallest absolute Gasteiger partial charge is 0.295 e. The van der Waals surface area contributed by atoms with Crippen LogP contribution in [-0.2, 0) is 0 Å². The Labute approximate surface area is 204 Å². The van der Waals surface area contributed by atoms with E-state index in [0.717, 1.165) is 21.3 Å². The number of anilines is 1. The van der Waals surface area contributed by atoms with E-state index in [-0.39, 0.29) is 5.82 Å². The summed E-state index contributed by atoms with van der Waals surface area (Å²) in [4.78, 5) is 17.7. The van der Waals surface area contributed by atoms with Gasteiger partial charge >= 0.3 is 0 Å². The van der Waals surface area contributed by atoms with E-state index in [1.54, 1.807) is 42.1 Å². The van der Waals surface area contributed by atoms with E-state index in [1.165, 1.54) is 7.11 Å². The van der Waals surface area contributed by atoms with Crippen LogP contribution in [-0.4, -0.2) is 34.9 Å². The summed E-state index contributed by atoms with van der Waals surface area (Å²) < 4.78 is 13.2. The number of rotatable bonds is 6. The van der Waals surface area contributed by atoms with Crippen molar-refractivity contribution < 1.29 is 14.3 Å². The highest BCUT2D eigenvalue weighted by molar-refractivity contribution is 9.10. The van der Waals surface area contributed by atoms with Gasteiger partial charge in [-0.2, -0.15) is 0 Å². The molecule has 4 aromatic rings.